The summed E-state index contributed by atoms with van der Waals surface area (Å²) in [5.41, 5.74) is 0.977. The van der Waals surface area contributed by atoms with Gasteiger partial charge in [-0.25, -0.2) is 8.42 Å². The van der Waals surface area contributed by atoms with Gasteiger partial charge >= 0.3 is 0 Å². The predicted octanol–water partition coefficient (Wildman–Crippen LogP) is 2.54. The van der Waals surface area contributed by atoms with E-state index in [-0.39, 0.29) is 0 Å². The summed E-state index contributed by atoms with van der Waals surface area (Å²) in [5, 5.41) is 3.39. The minimum Gasteiger partial charge on any atom is -0.313 e. The second-order valence-electron chi connectivity index (χ2n) is 5.83. The van der Waals surface area contributed by atoms with Crippen LogP contribution in [0.4, 0.5) is 0 Å². The van der Waals surface area contributed by atoms with Crippen molar-refractivity contribution in [2.24, 2.45) is 0 Å². The number of hydrogen-bond acceptors (Lipinski definition) is 3. The van der Waals surface area contributed by atoms with Gasteiger partial charge in [0.1, 0.15) is 0 Å². The van der Waals surface area contributed by atoms with Crippen molar-refractivity contribution in [3.8, 4) is 0 Å². The fraction of sp³-hybridized carbons (Fsp3) is 0.625. The van der Waals surface area contributed by atoms with Crippen LogP contribution in [-0.2, 0) is 10.0 Å². The smallest absolute Gasteiger partial charge is 0.243 e. The molecule has 1 aliphatic heterocycles. The van der Waals surface area contributed by atoms with Crippen LogP contribution in [0.5, 0.6) is 0 Å². The third-order valence-electron chi connectivity index (χ3n) is 3.97. The van der Waals surface area contributed by atoms with Gasteiger partial charge in [0, 0.05) is 19.1 Å². The van der Waals surface area contributed by atoms with Gasteiger partial charge in [0.25, 0.3) is 0 Å². The average molecular weight is 310 g/mol. The topological polar surface area (TPSA) is 49.4 Å². The molecular weight excluding hydrogens is 284 g/mol. The van der Waals surface area contributed by atoms with E-state index < -0.39 is 10.0 Å². The van der Waals surface area contributed by atoms with E-state index in [0.29, 0.717) is 24.0 Å². The zero-order chi connectivity index (χ0) is 15.3. The summed E-state index contributed by atoms with van der Waals surface area (Å²) >= 11 is 0. The number of hydrogen-bond donors (Lipinski definition) is 1. The van der Waals surface area contributed by atoms with Crippen LogP contribution in [0.1, 0.15) is 38.2 Å². The molecule has 21 heavy (non-hydrogen) atoms. The van der Waals surface area contributed by atoms with E-state index in [0.717, 1.165) is 37.8 Å². The van der Waals surface area contributed by atoms with Gasteiger partial charge in [-0.05, 0) is 50.4 Å². The number of aryl methyl sites for hydroxylation is 1. The van der Waals surface area contributed by atoms with E-state index in [1.165, 1.54) is 0 Å². The van der Waals surface area contributed by atoms with Crippen LogP contribution in [0.2, 0.25) is 0 Å². The lowest BCUT2D eigenvalue weighted by molar-refractivity contribution is 0.364. The van der Waals surface area contributed by atoms with Crippen LogP contribution in [-0.4, -0.2) is 38.4 Å². The van der Waals surface area contributed by atoms with E-state index in [1.807, 2.05) is 19.1 Å². The van der Waals surface area contributed by atoms with Crippen molar-refractivity contribution in [3.05, 3.63) is 29.8 Å². The highest BCUT2D eigenvalue weighted by Crippen LogP contribution is 2.19. The zero-order valence-electron chi connectivity index (χ0n) is 13.0. The number of nitrogens with one attached hydrogen (secondary N) is 1. The fourth-order valence-electron chi connectivity index (χ4n) is 2.73. The first-order valence-electron chi connectivity index (χ1n) is 7.84. The first kappa shape index (κ1) is 16.5. The summed E-state index contributed by atoms with van der Waals surface area (Å²) in [5.74, 6) is 0. The summed E-state index contributed by atoms with van der Waals surface area (Å²) in [6.45, 7) is 6.19. The molecule has 1 saturated heterocycles. The van der Waals surface area contributed by atoms with Gasteiger partial charge in [0.15, 0.2) is 0 Å². The standard InChI is InChI=1S/C16H26N2O2S/c1-3-4-11-18(13-15-8-6-10-17-15)21(19,20)16-9-5-7-14(2)12-16/h5,7,9,12,15,17H,3-4,6,8,10-11,13H2,1-2H3. The number of rotatable bonds is 7. The van der Waals surface area contributed by atoms with Crippen molar-refractivity contribution in [3.63, 3.8) is 0 Å². The molecule has 4 nitrogen and oxygen atoms in total. The normalized spacial score (nSPS) is 19.3. The summed E-state index contributed by atoms with van der Waals surface area (Å²) in [7, 11) is -3.39. The Hall–Kier alpha value is -0.910. The fourth-order valence-corrected chi connectivity index (χ4v) is 4.36. The molecule has 5 heteroatoms. The van der Waals surface area contributed by atoms with Crippen molar-refractivity contribution < 1.29 is 8.42 Å². The Labute approximate surface area is 128 Å². The minimum absolute atomic E-state index is 0.293. The zero-order valence-corrected chi connectivity index (χ0v) is 13.8. The van der Waals surface area contributed by atoms with Crippen LogP contribution < -0.4 is 5.32 Å². The first-order chi connectivity index (χ1) is 10.0. The summed E-state index contributed by atoms with van der Waals surface area (Å²) in [6.07, 6.45) is 4.10. The van der Waals surface area contributed by atoms with Crippen LogP contribution in [0.3, 0.4) is 0 Å². The molecule has 0 saturated carbocycles. The molecule has 2 rings (SSSR count). The van der Waals surface area contributed by atoms with Crippen molar-refractivity contribution in [2.45, 2.75) is 50.5 Å². The molecule has 1 aromatic rings. The second kappa shape index (κ2) is 7.38. The number of nitrogens with zero attached hydrogens (tertiary/aromatic N) is 1. The highest BCUT2D eigenvalue weighted by molar-refractivity contribution is 7.89. The Morgan fingerprint density at radius 3 is 2.81 bits per heavy atom. The van der Waals surface area contributed by atoms with Gasteiger partial charge < -0.3 is 5.32 Å². The van der Waals surface area contributed by atoms with Gasteiger partial charge in [-0.15, -0.1) is 0 Å². The van der Waals surface area contributed by atoms with Crippen LogP contribution in [0, 0.1) is 6.92 Å². The first-order valence-corrected chi connectivity index (χ1v) is 9.28. The van der Waals surface area contributed by atoms with Crippen molar-refractivity contribution in [2.75, 3.05) is 19.6 Å². The molecule has 0 spiro atoms. The molecule has 118 valence electrons. The monoisotopic (exact) mass is 310 g/mol. The van der Waals surface area contributed by atoms with E-state index in [9.17, 15) is 8.42 Å². The van der Waals surface area contributed by atoms with Gasteiger partial charge in [-0.1, -0.05) is 25.5 Å². The Balaban J connectivity index is 2.20. The highest BCUT2D eigenvalue weighted by Gasteiger charge is 2.27. The molecular formula is C16H26N2O2S. The molecule has 1 atom stereocenters. The minimum atomic E-state index is -3.39. The van der Waals surface area contributed by atoms with E-state index >= 15 is 0 Å². The van der Waals surface area contributed by atoms with Gasteiger partial charge in [-0.2, -0.15) is 4.31 Å². The summed E-state index contributed by atoms with van der Waals surface area (Å²) in [4.78, 5) is 0.414. The quantitative estimate of drug-likeness (QED) is 0.842. The van der Waals surface area contributed by atoms with Crippen molar-refractivity contribution >= 4 is 10.0 Å². The van der Waals surface area contributed by atoms with Gasteiger partial charge in [0.05, 0.1) is 4.90 Å². The maximum atomic E-state index is 12.9. The molecule has 1 N–H and O–H groups in total. The second-order valence-corrected chi connectivity index (χ2v) is 7.76. The molecule has 0 radical (unpaired) electrons. The van der Waals surface area contributed by atoms with Crippen LogP contribution in [0.25, 0.3) is 0 Å². The van der Waals surface area contributed by atoms with Gasteiger partial charge in [0.2, 0.25) is 10.0 Å². The summed E-state index contributed by atoms with van der Waals surface area (Å²) in [6, 6.07) is 7.49. The number of unbranched alkanes of at least 4 members (excludes halogenated alkanes) is 1. The molecule has 0 amide bonds. The maximum Gasteiger partial charge on any atom is 0.243 e. The largest absolute Gasteiger partial charge is 0.313 e. The summed E-state index contributed by atoms with van der Waals surface area (Å²) < 4.78 is 27.4. The van der Waals surface area contributed by atoms with E-state index in [1.54, 1.807) is 16.4 Å². The highest BCUT2D eigenvalue weighted by atomic mass is 32.2. The Morgan fingerprint density at radius 1 is 1.38 bits per heavy atom. The molecule has 1 fully saturated rings. The lowest BCUT2D eigenvalue weighted by Gasteiger charge is -2.25. The van der Waals surface area contributed by atoms with E-state index in [4.69, 9.17) is 0 Å². The predicted molar refractivity (Wildman–Crippen MR) is 85.9 cm³/mol. The molecule has 1 aliphatic rings. The molecule has 0 bridgehead atoms. The Morgan fingerprint density at radius 2 is 2.19 bits per heavy atom. The molecule has 1 heterocycles. The third-order valence-corrected chi connectivity index (χ3v) is 5.84. The lowest BCUT2D eigenvalue weighted by Crippen LogP contribution is -2.41. The molecule has 0 aromatic heterocycles. The molecule has 1 unspecified atom stereocenters. The Bertz CT molecular complexity index is 551. The van der Waals surface area contributed by atoms with Crippen LogP contribution in [0.15, 0.2) is 29.2 Å². The van der Waals surface area contributed by atoms with Crippen molar-refractivity contribution in [1.82, 2.24) is 9.62 Å². The van der Waals surface area contributed by atoms with Crippen molar-refractivity contribution in [1.29, 1.82) is 0 Å². The Kier molecular flexibility index (Phi) is 5.79. The maximum absolute atomic E-state index is 12.9. The van der Waals surface area contributed by atoms with E-state index in [2.05, 4.69) is 12.2 Å². The van der Waals surface area contributed by atoms with Gasteiger partial charge in [-0.3, -0.25) is 0 Å². The van der Waals surface area contributed by atoms with Crippen LogP contribution >= 0.6 is 0 Å². The number of benzene rings is 1. The third kappa shape index (κ3) is 4.28. The molecule has 0 aliphatic carbocycles. The number of sulfonamides is 1. The average Bonchev–Trinajstić information content (AvgIpc) is 2.96. The lowest BCUT2D eigenvalue weighted by atomic mass is 10.2. The molecule has 1 aromatic carbocycles. The SMILES string of the molecule is CCCCN(CC1CCCN1)S(=O)(=O)c1cccc(C)c1.